The average Bonchev–Trinajstić information content (AvgIpc) is 2.82. The van der Waals surface area contributed by atoms with Crippen molar-refractivity contribution in [2.75, 3.05) is 0 Å². The Hall–Kier alpha value is -1.68. The van der Waals surface area contributed by atoms with Crippen LogP contribution in [0.4, 0.5) is 0 Å². The lowest BCUT2D eigenvalue weighted by Gasteiger charge is -2.11. The summed E-state index contributed by atoms with van der Waals surface area (Å²) in [5, 5.41) is 1.96. The number of carbonyl (C=O) groups excluding carboxylic acids is 1. The van der Waals surface area contributed by atoms with Crippen LogP contribution < -0.4 is 5.73 Å². The van der Waals surface area contributed by atoms with Gasteiger partial charge in [-0.1, -0.05) is 30.3 Å². The van der Waals surface area contributed by atoms with Crippen LogP contribution in [0.25, 0.3) is 0 Å². The van der Waals surface area contributed by atoms with Crippen molar-refractivity contribution in [3.63, 3.8) is 0 Å². The molecule has 0 aliphatic rings. The zero-order valence-electron chi connectivity index (χ0n) is 9.37. The second kappa shape index (κ2) is 5.59. The highest BCUT2D eigenvalue weighted by molar-refractivity contribution is 7.07. The van der Waals surface area contributed by atoms with Crippen LogP contribution in [0.1, 0.15) is 11.3 Å². The summed E-state index contributed by atoms with van der Waals surface area (Å²) in [7, 11) is 0. The number of benzene rings is 1. The van der Waals surface area contributed by atoms with E-state index < -0.39 is 0 Å². The number of primary amides is 1. The van der Waals surface area contributed by atoms with Gasteiger partial charge in [-0.2, -0.15) is 0 Å². The molecule has 1 heterocycles. The maximum atomic E-state index is 11.4. The molecule has 0 saturated heterocycles. The molecule has 0 spiro atoms. The normalized spacial score (nSPS) is 12.2. The number of carbonyl (C=O) groups is 1. The molecule has 0 aliphatic heterocycles. The molecule has 0 aliphatic carbocycles. The molecule has 0 unspecified atom stereocenters. The Morgan fingerprint density at radius 2 is 2.06 bits per heavy atom. The van der Waals surface area contributed by atoms with E-state index in [-0.39, 0.29) is 11.8 Å². The molecule has 1 amide bonds. The summed E-state index contributed by atoms with van der Waals surface area (Å²) in [5.74, 6) is -0.443. The molecule has 0 fully saturated rings. The number of hydrogen-bond donors (Lipinski definition) is 1. The first-order chi connectivity index (χ1) is 8.25. The maximum absolute atomic E-state index is 11.4. The Labute approximate surface area is 104 Å². The topological polar surface area (TPSA) is 56.0 Å². The number of hydrogen-bond acceptors (Lipinski definition) is 3. The third-order valence-electron chi connectivity index (χ3n) is 2.67. The lowest BCUT2D eigenvalue weighted by atomic mass is 9.94. The fourth-order valence-electron chi connectivity index (χ4n) is 1.76. The average molecular weight is 246 g/mol. The lowest BCUT2D eigenvalue weighted by molar-refractivity contribution is -0.121. The predicted octanol–water partition coefficient (Wildman–Crippen LogP) is 2.03. The Balaban J connectivity index is 2.06. The van der Waals surface area contributed by atoms with Gasteiger partial charge in [-0.05, 0) is 12.0 Å². The number of aromatic nitrogens is 1. The van der Waals surface area contributed by atoms with Crippen LogP contribution in [-0.2, 0) is 17.6 Å². The SMILES string of the molecule is NC(=O)[C@H](Cc1ccccc1)Cc1cscn1. The zero-order chi connectivity index (χ0) is 12.1. The van der Waals surface area contributed by atoms with Crippen molar-refractivity contribution >= 4 is 17.2 Å². The smallest absolute Gasteiger partial charge is 0.221 e. The van der Waals surface area contributed by atoms with E-state index in [1.807, 2.05) is 35.7 Å². The molecular formula is C13H14N2OS. The Morgan fingerprint density at radius 1 is 1.29 bits per heavy atom. The molecular weight excluding hydrogens is 232 g/mol. The van der Waals surface area contributed by atoms with Gasteiger partial charge in [0, 0.05) is 17.7 Å². The van der Waals surface area contributed by atoms with Crippen molar-refractivity contribution in [3.05, 3.63) is 52.5 Å². The number of nitrogens with zero attached hydrogens (tertiary/aromatic N) is 1. The molecule has 17 heavy (non-hydrogen) atoms. The minimum Gasteiger partial charge on any atom is -0.369 e. The van der Waals surface area contributed by atoms with Gasteiger partial charge in [-0.25, -0.2) is 4.98 Å². The van der Waals surface area contributed by atoms with E-state index in [1.54, 1.807) is 5.51 Å². The first-order valence-electron chi connectivity index (χ1n) is 5.46. The van der Waals surface area contributed by atoms with Gasteiger partial charge in [0.15, 0.2) is 0 Å². The first-order valence-corrected chi connectivity index (χ1v) is 6.40. The van der Waals surface area contributed by atoms with Crippen LogP contribution in [0.5, 0.6) is 0 Å². The highest BCUT2D eigenvalue weighted by Gasteiger charge is 2.17. The quantitative estimate of drug-likeness (QED) is 0.877. The van der Waals surface area contributed by atoms with Crippen LogP contribution in [0, 0.1) is 5.92 Å². The van der Waals surface area contributed by atoms with Crippen LogP contribution >= 0.6 is 11.3 Å². The van der Waals surface area contributed by atoms with Crippen molar-refractivity contribution in [3.8, 4) is 0 Å². The molecule has 2 rings (SSSR count). The third kappa shape index (κ3) is 3.39. The zero-order valence-corrected chi connectivity index (χ0v) is 10.2. The summed E-state index contributed by atoms with van der Waals surface area (Å²) >= 11 is 1.54. The van der Waals surface area contributed by atoms with E-state index in [4.69, 9.17) is 5.73 Å². The van der Waals surface area contributed by atoms with E-state index in [9.17, 15) is 4.79 Å². The standard InChI is InChI=1S/C13H14N2OS/c14-13(16)11(7-12-8-17-9-15-12)6-10-4-2-1-3-5-10/h1-5,8-9,11H,6-7H2,(H2,14,16)/t11-/m1/s1. The van der Waals surface area contributed by atoms with Crippen molar-refractivity contribution in [2.24, 2.45) is 11.7 Å². The summed E-state index contributed by atoms with van der Waals surface area (Å²) in [4.78, 5) is 15.6. The van der Waals surface area contributed by atoms with Gasteiger partial charge in [0.1, 0.15) is 0 Å². The Bertz CT molecular complexity index is 467. The summed E-state index contributed by atoms with van der Waals surface area (Å²) < 4.78 is 0. The number of thiazole rings is 1. The molecule has 0 radical (unpaired) electrons. The number of nitrogens with two attached hydrogens (primary N) is 1. The van der Waals surface area contributed by atoms with Crippen LogP contribution in [0.3, 0.4) is 0 Å². The minimum absolute atomic E-state index is 0.181. The number of rotatable bonds is 5. The lowest BCUT2D eigenvalue weighted by Crippen LogP contribution is -2.27. The van der Waals surface area contributed by atoms with Crippen molar-refractivity contribution < 1.29 is 4.79 Å². The third-order valence-corrected chi connectivity index (χ3v) is 3.30. The Kier molecular flexibility index (Phi) is 3.88. The molecule has 3 nitrogen and oxygen atoms in total. The van der Waals surface area contributed by atoms with Crippen LogP contribution in [0.2, 0.25) is 0 Å². The van der Waals surface area contributed by atoms with Crippen LogP contribution in [-0.4, -0.2) is 10.9 Å². The van der Waals surface area contributed by atoms with Gasteiger partial charge in [0.05, 0.1) is 11.2 Å². The van der Waals surface area contributed by atoms with Crippen LogP contribution in [0.15, 0.2) is 41.2 Å². The maximum Gasteiger partial charge on any atom is 0.221 e. The minimum atomic E-state index is -0.262. The van der Waals surface area contributed by atoms with E-state index in [0.29, 0.717) is 12.8 Å². The Morgan fingerprint density at radius 3 is 2.65 bits per heavy atom. The number of amides is 1. The highest BCUT2D eigenvalue weighted by atomic mass is 32.1. The summed E-state index contributed by atoms with van der Waals surface area (Å²) in [6.45, 7) is 0. The van der Waals surface area contributed by atoms with E-state index in [1.165, 1.54) is 11.3 Å². The van der Waals surface area contributed by atoms with E-state index >= 15 is 0 Å². The molecule has 0 bridgehead atoms. The first kappa shape index (κ1) is 11.8. The second-order valence-corrected chi connectivity index (χ2v) is 4.69. The van der Waals surface area contributed by atoms with Crippen molar-refractivity contribution in [2.45, 2.75) is 12.8 Å². The highest BCUT2D eigenvalue weighted by Crippen LogP contribution is 2.14. The molecule has 4 heteroatoms. The molecule has 88 valence electrons. The fraction of sp³-hybridized carbons (Fsp3) is 0.231. The van der Waals surface area contributed by atoms with E-state index in [2.05, 4.69) is 4.98 Å². The van der Waals surface area contributed by atoms with Gasteiger partial charge >= 0.3 is 0 Å². The molecule has 2 N–H and O–H groups in total. The molecule has 1 aromatic carbocycles. The summed E-state index contributed by atoms with van der Waals surface area (Å²) in [5.41, 5.74) is 9.28. The van der Waals surface area contributed by atoms with Gasteiger partial charge in [-0.15, -0.1) is 11.3 Å². The van der Waals surface area contributed by atoms with E-state index in [0.717, 1.165) is 11.3 Å². The molecule has 0 saturated carbocycles. The largest absolute Gasteiger partial charge is 0.369 e. The summed E-state index contributed by atoms with van der Waals surface area (Å²) in [6, 6.07) is 9.92. The molecule has 1 atom stereocenters. The fourth-order valence-corrected chi connectivity index (χ4v) is 2.33. The van der Waals surface area contributed by atoms with Gasteiger partial charge < -0.3 is 5.73 Å². The van der Waals surface area contributed by atoms with Gasteiger partial charge in [0.2, 0.25) is 5.91 Å². The predicted molar refractivity (Wildman–Crippen MR) is 68.6 cm³/mol. The van der Waals surface area contributed by atoms with Gasteiger partial charge in [-0.3, -0.25) is 4.79 Å². The second-order valence-electron chi connectivity index (χ2n) is 3.97. The van der Waals surface area contributed by atoms with Crippen molar-refractivity contribution in [1.82, 2.24) is 4.98 Å². The van der Waals surface area contributed by atoms with Gasteiger partial charge in [0.25, 0.3) is 0 Å². The molecule has 1 aromatic heterocycles. The summed E-state index contributed by atoms with van der Waals surface area (Å²) in [6.07, 6.45) is 1.29. The van der Waals surface area contributed by atoms with Crippen molar-refractivity contribution in [1.29, 1.82) is 0 Å². The molecule has 2 aromatic rings. The monoisotopic (exact) mass is 246 g/mol.